The van der Waals surface area contributed by atoms with E-state index in [4.69, 9.17) is 9.47 Å². The van der Waals surface area contributed by atoms with Gasteiger partial charge in [0.15, 0.2) is 0 Å². The Morgan fingerprint density at radius 3 is 2.51 bits per heavy atom. The average Bonchev–Trinajstić information content (AvgIpc) is 4.12. The van der Waals surface area contributed by atoms with Gasteiger partial charge in [0.1, 0.15) is 38.9 Å². The van der Waals surface area contributed by atoms with Gasteiger partial charge in [-0.05, 0) is 105 Å². The Hall–Kier alpha value is -6.15. The van der Waals surface area contributed by atoms with Crippen LogP contribution in [0.2, 0.25) is 0 Å². The van der Waals surface area contributed by atoms with Crippen LogP contribution in [0.5, 0.6) is 11.5 Å². The van der Waals surface area contributed by atoms with Crippen LogP contribution in [0.1, 0.15) is 98.7 Å². The fourth-order valence-corrected chi connectivity index (χ4v) is 12.9. The number of likely N-dealkylation sites (tertiary alicyclic amines) is 2. The van der Waals surface area contributed by atoms with Crippen molar-refractivity contribution in [2.75, 3.05) is 62.7 Å². The molecule has 11 rings (SSSR count). The number of halogens is 1. The van der Waals surface area contributed by atoms with E-state index in [2.05, 4.69) is 82.8 Å². The second-order valence-corrected chi connectivity index (χ2v) is 22.1. The molecule has 1 unspecified atom stereocenters. The van der Waals surface area contributed by atoms with Crippen LogP contribution in [0.4, 0.5) is 21.5 Å². The molecule has 1 amide bonds. The molecule has 19 heteroatoms. The molecule has 4 saturated heterocycles. The van der Waals surface area contributed by atoms with E-state index in [0.29, 0.717) is 55.7 Å². The third kappa shape index (κ3) is 8.74. The molecule has 6 aromatic rings. The normalized spacial score (nSPS) is 21.0. The molecule has 1 spiro atoms. The maximum atomic E-state index is 16.1. The van der Waals surface area contributed by atoms with Crippen molar-refractivity contribution in [2.24, 2.45) is 5.41 Å². The van der Waals surface area contributed by atoms with Crippen LogP contribution >= 0.6 is 0 Å². The number of piperidine rings is 2. The van der Waals surface area contributed by atoms with E-state index in [0.717, 1.165) is 49.6 Å². The molecule has 1 atom stereocenters. The van der Waals surface area contributed by atoms with Crippen LogP contribution < -0.4 is 19.7 Å². The van der Waals surface area contributed by atoms with Crippen molar-refractivity contribution < 1.29 is 32.0 Å². The van der Waals surface area contributed by atoms with Crippen molar-refractivity contribution in [1.82, 2.24) is 34.5 Å². The molecule has 70 heavy (non-hydrogen) atoms. The summed E-state index contributed by atoms with van der Waals surface area (Å²) in [7, 11) is -4.81. The molecule has 1 saturated carbocycles. The Morgan fingerprint density at radius 1 is 0.986 bits per heavy atom. The van der Waals surface area contributed by atoms with Crippen LogP contribution in [-0.4, -0.2) is 119 Å². The van der Waals surface area contributed by atoms with E-state index < -0.39 is 37.1 Å². The zero-order valence-corrected chi connectivity index (χ0v) is 40.3. The first-order chi connectivity index (χ1) is 33.8. The van der Waals surface area contributed by atoms with E-state index in [1.165, 1.54) is 49.3 Å². The number of pyridine rings is 1. The molecule has 3 aromatic heterocycles. The van der Waals surface area contributed by atoms with Gasteiger partial charge in [-0.2, -0.15) is 0 Å². The third-order valence-electron chi connectivity index (χ3n) is 15.9. The fraction of sp³-hybridized carbons (Fsp3) is 0.471. The van der Waals surface area contributed by atoms with E-state index in [1.807, 2.05) is 6.07 Å². The van der Waals surface area contributed by atoms with Crippen LogP contribution in [0.15, 0.2) is 84.3 Å². The Kier molecular flexibility index (Phi) is 12.0. The number of ether oxygens (including phenoxy) is 2. The molecule has 5 aliphatic rings. The van der Waals surface area contributed by atoms with Crippen molar-refractivity contribution in [3.8, 4) is 11.5 Å². The summed E-state index contributed by atoms with van der Waals surface area (Å²) in [5, 5.41) is 16.3. The van der Waals surface area contributed by atoms with Crippen LogP contribution in [0.25, 0.3) is 22.1 Å². The highest BCUT2D eigenvalue weighted by Crippen LogP contribution is 2.54. The van der Waals surface area contributed by atoms with Gasteiger partial charge in [0.25, 0.3) is 21.6 Å². The SMILES string of the molecule is CC(C)c1ccccc1C1CCCN1C1CC2(CCN(c3ccc(C(=O)NS(=O)(=O)c4cc([N+](=O)[O-])c(NCC5(F)CCN(C6COC6)CC5)c5[nH]cnc45)c(Oc4cnc5[nH]ccc5c4)c3)CC2)C1. The summed E-state index contributed by atoms with van der Waals surface area (Å²) in [5.41, 5.74) is 2.07. The highest BCUT2D eigenvalue weighted by Gasteiger charge is 2.50. The number of amides is 1. The summed E-state index contributed by atoms with van der Waals surface area (Å²) in [6.45, 7) is 9.37. The van der Waals surface area contributed by atoms with Gasteiger partial charge in [-0.15, -0.1) is 0 Å². The number of aromatic nitrogens is 4. The number of aromatic amines is 2. The van der Waals surface area contributed by atoms with Gasteiger partial charge in [0.05, 0.1) is 47.8 Å². The third-order valence-corrected chi connectivity index (χ3v) is 17.2. The van der Waals surface area contributed by atoms with Crippen molar-refractivity contribution in [3.05, 3.63) is 106 Å². The highest BCUT2D eigenvalue weighted by atomic mass is 32.2. The predicted molar refractivity (Wildman–Crippen MR) is 264 cm³/mol. The van der Waals surface area contributed by atoms with E-state index in [9.17, 15) is 23.3 Å². The lowest BCUT2D eigenvalue weighted by Gasteiger charge is -2.56. The number of benzene rings is 3. The number of hydrogen-bond donors (Lipinski definition) is 4. The standard InChI is InChI=1S/C51H59FN10O7S/c1-32(2)38-6-3-4-7-39(38)41-8-5-17-61(41)35-25-50(26-35)12-18-59(19-13-50)34-9-10-40(43(23-34)69-37-22-33-11-16-53-48(33)54-27-37)49(63)58-70(66,67)44-24-42(62(64)65)45(47-46(44)56-31-57-47)55-30-51(52)14-20-60(21-15-51)36-28-68-29-36/h3-4,6-7,9-11,16,22-24,27,31-32,35-36,41,55H,5,8,12-15,17-21,25-26,28-30H2,1-2H3,(H,53,54)(H,56,57)(H,58,63). The first-order valence-corrected chi connectivity index (χ1v) is 26.0. The van der Waals surface area contributed by atoms with Crippen molar-refractivity contribution >= 4 is 55.1 Å². The van der Waals surface area contributed by atoms with Gasteiger partial charge in [-0.3, -0.25) is 24.7 Å². The number of alkyl halides is 1. The van der Waals surface area contributed by atoms with Crippen LogP contribution in [0, 0.1) is 15.5 Å². The maximum absolute atomic E-state index is 16.1. The summed E-state index contributed by atoms with van der Waals surface area (Å²) in [5.74, 6) is -0.0928. The molecule has 17 nitrogen and oxygen atoms in total. The minimum Gasteiger partial charge on any atom is -0.455 e. The number of fused-ring (bicyclic) bond motifs is 2. The number of sulfonamides is 1. The smallest absolute Gasteiger partial charge is 0.296 e. The number of carbonyl (C=O) groups excluding carboxylic acids is 1. The zero-order chi connectivity index (χ0) is 48.4. The lowest BCUT2D eigenvalue weighted by atomic mass is 9.59. The molecule has 0 radical (unpaired) electrons. The predicted octanol–water partition coefficient (Wildman–Crippen LogP) is 8.58. The van der Waals surface area contributed by atoms with Crippen LogP contribution in [0.3, 0.4) is 0 Å². The topological polar surface area (TPSA) is 204 Å². The second kappa shape index (κ2) is 18.2. The monoisotopic (exact) mass is 974 g/mol. The van der Waals surface area contributed by atoms with Crippen molar-refractivity contribution in [2.45, 2.75) is 99.8 Å². The summed E-state index contributed by atoms with van der Waals surface area (Å²) in [4.78, 5) is 47.3. The molecule has 4 aliphatic heterocycles. The molecule has 5 fully saturated rings. The number of nitro benzene ring substituents is 1. The van der Waals surface area contributed by atoms with Gasteiger partial charge < -0.3 is 29.7 Å². The van der Waals surface area contributed by atoms with Crippen molar-refractivity contribution in [3.63, 3.8) is 0 Å². The Morgan fingerprint density at radius 2 is 1.77 bits per heavy atom. The average molecular weight is 975 g/mol. The highest BCUT2D eigenvalue weighted by molar-refractivity contribution is 7.90. The van der Waals surface area contributed by atoms with E-state index in [-0.39, 0.29) is 58.9 Å². The summed E-state index contributed by atoms with van der Waals surface area (Å²) >= 11 is 0. The zero-order valence-electron chi connectivity index (χ0n) is 39.5. The first kappa shape index (κ1) is 46.2. The number of nitrogens with zero attached hydrogens (tertiary/aromatic N) is 6. The lowest BCUT2D eigenvalue weighted by molar-refractivity contribution is -0.384. The molecule has 4 N–H and O–H groups in total. The van der Waals surface area contributed by atoms with E-state index >= 15 is 4.39 Å². The molecule has 0 bridgehead atoms. The molecule has 1 aliphatic carbocycles. The minimum absolute atomic E-state index is 0.0101. The number of rotatable bonds is 14. The van der Waals surface area contributed by atoms with Gasteiger partial charge in [0.2, 0.25) is 0 Å². The van der Waals surface area contributed by atoms with Gasteiger partial charge in [-0.1, -0.05) is 38.1 Å². The van der Waals surface area contributed by atoms with Gasteiger partial charge in [-0.25, -0.2) is 27.5 Å². The number of nitro groups is 1. The largest absolute Gasteiger partial charge is 0.455 e. The first-order valence-electron chi connectivity index (χ1n) is 24.6. The molecule has 7 heterocycles. The quantitative estimate of drug-likeness (QED) is 0.0597. The number of imidazole rings is 1. The Balaban J connectivity index is 0.810. The minimum atomic E-state index is -4.81. The molecular weight excluding hydrogens is 916 g/mol. The summed E-state index contributed by atoms with van der Waals surface area (Å²) in [6, 6.07) is 19.8. The van der Waals surface area contributed by atoms with Crippen molar-refractivity contribution in [1.29, 1.82) is 0 Å². The lowest BCUT2D eigenvalue weighted by Crippen LogP contribution is -2.55. The van der Waals surface area contributed by atoms with Crippen LogP contribution in [-0.2, 0) is 14.8 Å². The second-order valence-electron chi connectivity index (χ2n) is 20.4. The molecular formula is C51H59FN10O7S. The molecule has 368 valence electrons. The number of carbonyl (C=O) groups is 1. The summed E-state index contributed by atoms with van der Waals surface area (Å²) in [6.07, 6.45) is 11.7. The summed E-state index contributed by atoms with van der Waals surface area (Å²) < 4.78 is 58.4. The van der Waals surface area contributed by atoms with Gasteiger partial charge >= 0.3 is 0 Å². The maximum Gasteiger partial charge on any atom is 0.296 e. The van der Waals surface area contributed by atoms with Gasteiger partial charge in [0, 0.05) is 74.2 Å². The Bertz CT molecular complexity index is 3060. The Labute approximate surface area is 405 Å². The number of anilines is 2. The number of H-pyrrole nitrogens is 2. The number of hydrogen-bond acceptors (Lipinski definition) is 13. The molecule has 3 aromatic carbocycles. The number of nitrogens with one attached hydrogen (secondary N) is 4. The van der Waals surface area contributed by atoms with E-state index in [1.54, 1.807) is 30.5 Å². The fourth-order valence-electron chi connectivity index (χ4n) is 11.8.